The molecule has 1 aliphatic heterocycles. The van der Waals surface area contributed by atoms with Gasteiger partial charge in [0.2, 0.25) is 0 Å². The number of rotatable bonds is 3. The van der Waals surface area contributed by atoms with E-state index in [1.807, 2.05) is 12.1 Å². The van der Waals surface area contributed by atoms with E-state index in [4.69, 9.17) is 4.74 Å². The second-order valence-corrected chi connectivity index (χ2v) is 4.00. The summed E-state index contributed by atoms with van der Waals surface area (Å²) in [6, 6.07) is 7.32. The zero-order chi connectivity index (χ0) is 10.7. The predicted octanol–water partition coefficient (Wildman–Crippen LogP) is 2.27. The van der Waals surface area contributed by atoms with Crippen LogP contribution in [-0.2, 0) is 4.74 Å². The van der Waals surface area contributed by atoms with Gasteiger partial charge in [0.15, 0.2) is 0 Å². The van der Waals surface area contributed by atoms with Crippen LogP contribution in [0, 0.1) is 5.82 Å². The normalized spacial score (nSPS) is 22.9. The summed E-state index contributed by atoms with van der Waals surface area (Å²) in [5.74, 6) is -0.185. The van der Waals surface area contributed by atoms with Crippen molar-refractivity contribution in [3.8, 4) is 0 Å². The molecule has 1 aliphatic rings. The lowest BCUT2D eigenvalue weighted by Gasteiger charge is -2.18. The number of hydrogen-bond donors (Lipinski definition) is 1. The highest BCUT2D eigenvalue weighted by Crippen LogP contribution is 2.15. The van der Waals surface area contributed by atoms with Gasteiger partial charge in [-0.3, -0.25) is 0 Å². The Morgan fingerprint density at radius 2 is 2.13 bits per heavy atom. The molecule has 1 saturated heterocycles. The largest absolute Gasteiger partial charge is 0.380 e. The van der Waals surface area contributed by atoms with E-state index in [-0.39, 0.29) is 11.9 Å². The molecule has 0 radical (unpaired) electrons. The van der Waals surface area contributed by atoms with Crippen LogP contribution in [0.25, 0.3) is 0 Å². The summed E-state index contributed by atoms with van der Waals surface area (Å²) in [4.78, 5) is 0. The van der Waals surface area contributed by atoms with Gasteiger partial charge >= 0.3 is 0 Å². The molecule has 0 aromatic heterocycles. The molecule has 2 nitrogen and oxygen atoms in total. The van der Waals surface area contributed by atoms with Crippen LogP contribution < -0.4 is 5.32 Å². The molecular weight excluding hydrogens is 193 g/mol. The van der Waals surface area contributed by atoms with Crippen LogP contribution in [-0.4, -0.2) is 19.3 Å². The Morgan fingerprint density at radius 1 is 1.40 bits per heavy atom. The van der Waals surface area contributed by atoms with Gasteiger partial charge in [0.05, 0.1) is 6.61 Å². The van der Waals surface area contributed by atoms with Crippen molar-refractivity contribution in [3.63, 3.8) is 0 Å². The average molecular weight is 209 g/mol. The van der Waals surface area contributed by atoms with E-state index >= 15 is 0 Å². The highest BCUT2D eigenvalue weighted by atomic mass is 19.1. The topological polar surface area (TPSA) is 21.3 Å². The molecule has 15 heavy (non-hydrogen) atoms. The van der Waals surface area contributed by atoms with Gasteiger partial charge in [0, 0.05) is 18.7 Å². The Bertz CT molecular complexity index is 306. The number of hydrogen-bond acceptors (Lipinski definition) is 2. The summed E-state index contributed by atoms with van der Waals surface area (Å²) in [5, 5.41) is 3.47. The molecule has 2 atom stereocenters. The number of nitrogens with one attached hydrogen (secondary N) is 1. The van der Waals surface area contributed by atoms with Crippen LogP contribution in [0.2, 0.25) is 0 Å². The molecule has 1 N–H and O–H groups in total. The fourth-order valence-corrected chi connectivity index (χ4v) is 1.87. The van der Waals surface area contributed by atoms with Crippen molar-refractivity contribution in [2.75, 3.05) is 13.2 Å². The zero-order valence-corrected chi connectivity index (χ0v) is 8.87. The molecule has 82 valence electrons. The Labute approximate surface area is 89.4 Å². The number of benzene rings is 1. The fraction of sp³-hybridized carbons (Fsp3) is 0.500. The number of halogens is 1. The second-order valence-electron chi connectivity index (χ2n) is 4.00. The van der Waals surface area contributed by atoms with Crippen molar-refractivity contribution in [2.24, 2.45) is 0 Å². The minimum absolute atomic E-state index is 0.185. The minimum atomic E-state index is -0.185. The van der Waals surface area contributed by atoms with Crippen molar-refractivity contribution < 1.29 is 9.13 Å². The van der Waals surface area contributed by atoms with Crippen LogP contribution in [0.1, 0.15) is 24.9 Å². The molecule has 0 aliphatic carbocycles. The van der Waals surface area contributed by atoms with E-state index in [0.717, 1.165) is 25.2 Å². The highest BCUT2D eigenvalue weighted by molar-refractivity contribution is 5.19. The van der Waals surface area contributed by atoms with Crippen LogP contribution in [0.4, 0.5) is 4.39 Å². The van der Waals surface area contributed by atoms with Crippen molar-refractivity contribution >= 4 is 0 Å². The lowest BCUT2D eigenvalue weighted by atomic mass is 10.1. The smallest absolute Gasteiger partial charge is 0.123 e. The predicted molar refractivity (Wildman–Crippen MR) is 57.2 cm³/mol. The quantitative estimate of drug-likeness (QED) is 0.824. The van der Waals surface area contributed by atoms with Gasteiger partial charge in [-0.1, -0.05) is 12.1 Å². The average Bonchev–Trinajstić information content (AvgIpc) is 2.71. The Kier molecular flexibility index (Phi) is 3.34. The van der Waals surface area contributed by atoms with Crippen LogP contribution in [0.3, 0.4) is 0 Å². The van der Waals surface area contributed by atoms with E-state index < -0.39 is 0 Å². The third-order valence-electron chi connectivity index (χ3n) is 2.79. The molecule has 2 rings (SSSR count). The van der Waals surface area contributed by atoms with Crippen LogP contribution >= 0.6 is 0 Å². The Morgan fingerprint density at radius 3 is 2.73 bits per heavy atom. The zero-order valence-electron chi connectivity index (χ0n) is 8.87. The fourth-order valence-electron chi connectivity index (χ4n) is 1.87. The van der Waals surface area contributed by atoms with Gasteiger partial charge in [-0.05, 0) is 31.0 Å². The third kappa shape index (κ3) is 2.76. The van der Waals surface area contributed by atoms with Gasteiger partial charge in [-0.15, -0.1) is 0 Å². The van der Waals surface area contributed by atoms with Gasteiger partial charge in [-0.25, -0.2) is 4.39 Å². The first kappa shape index (κ1) is 10.6. The summed E-state index contributed by atoms with van der Waals surface area (Å²) < 4.78 is 18.0. The summed E-state index contributed by atoms with van der Waals surface area (Å²) in [6.45, 7) is 3.71. The van der Waals surface area contributed by atoms with Gasteiger partial charge in [0.1, 0.15) is 5.82 Å². The molecule has 0 spiro atoms. The first-order valence-corrected chi connectivity index (χ1v) is 5.35. The Hall–Kier alpha value is -0.930. The summed E-state index contributed by atoms with van der Waals surface area (Å²) in [5.41, 5.74) is 1.11. The lowest BCUT2D eigenvalue weighted by molar-refractivity contribution is 0.188. The lowest BCUT2D eigenvalue weighted by Crippen LogP contribution is -2.31. The maximum Gasteiger partial charge on any atom is 0.123 e. The molecule has 0 saturated carbocycles. The van der Waals surface area contributed by atoms with E-state index in [1.165, 1.54) is 12.1 Å². The van der Waals surface area contributed by atoms with Gasteiger partial charge in [-0.2, -0.15) is 0 Å². The van der Waals surface area contributed by atoms with E-state index in [1.54, 1.807) is 0 Å². The maximum atomic E-state index is 12.7. The van der Waals surface area contributed by atoms with Gasteiger partial charge < -0.3 is 10.1 Å². The van der Waals surface area contributed by atoms with Crippen LogP contribution in [0.15, 0.2) is 24.3 Å². The molecule has 1 unspecified atom stereocenters. The minimum Gasteiger partial charge on any atom is -0.380 e. The van der Waals surface area contributed by atoms with E-state index in [0.29, 0.717) is 6.04 Å². The van der Waals surface area contributed by atoms with E-state index in [9.17, 15) is 4.39 Å². The summed E-state index contributed by atoms with van der Waals surface area (Å²) >= 11 is 0. The van der Waals surface area contributed by atoms with Crippen molar-refractivity contribution in [1.82, 2.24) is 5.32 Å². The van der Waals surface area contributed by atoms with Crippen molar-refractivity contribution in [1.29, 1.82) is 0 Å². The monoisotopic (exact) mass is 209 g/mol. The van der Waals surface area contributed by atoms with Crippen LogP contribution in [0.5, 0.6) is 0 Å². The number of ether oxygens (including phenoxy) is 1. The SMILES string of the molecule is C[C@@H](NC1CCOC1)c1ccc(F)cc1. The molecule has 1 heterocycles. The third-order valence-corrected chi connectivity index (χ3v) is 2.79. The molecule has 1 aromatic rings. The maximum absolute atomic E-state index is 12.7. The molecule has 1 aromatic carbocycles. The summed E-state index contributed by atoms with van der Waals surface area (Å²) in [6.07, 6.45) is 1.06. The first-order valence-electron chi connectivity index (χ1n) is 5.35. The molecule has 1 fully saturated rings. The highest BCUT2D eigenvalue weighted by Gasteiger charge is 2.17. The van der Waals surface area contributed by atoms with E-state index in [2.05, 4.69) is 12.2 Å². The molecule has 3 heteroatoms. The molecule has 0 amide bonds. The first-order chi connectivity index (χ1) is 7.25. The Balaban J connectivity index is 1.94. The standard InChI is InChI=1S/C12H16FNO/c1-9(14-12-6-7-15-8-12)10-2-4-11(13)5-3-10/h2-5,9,12,14H,6-8H2,1H3/t9-,12?/m1/s1. The molecule has 0 bridgehead atoms. The molecular formula is C12H16FNO. The van der Waals surface area contributed by atoms with Gasteiger partial charge in [0.25, 0.3) is 0 Å². The second kappa shape index (κ2) is 4.73. The van der Waals surface area contributed by atoms with Crippen molar-refractivity contribution in [2.45, 2.75) is 25.4 Å². The summed E-state index contributed by atoms with van der Waals surface area (Å²) in [7, 11) is 0. The van der Waals surface area contributed by atoms with Crippen molar-refractivity contribution in [3.05, 3.63) is 35.6 Å².